The number of benzene rings is 1. The number of alkyl halides is 2. The molecule has 0 spiro atoms. The largest absolute Gasteiger partial charge is 0.324 e. The van der Waals surface area contributed by atoms with Crippen LogP contribution >= 0.6 is 0 Å². The van der Waals surface area contributed by atoms with Gasteiger partial charge in [0.2, 0.25) is 0 Å². The van der Waals surface area contributed by atoms with Gasteiger partial charge in [0.25, 0.3) is 6.43 Å². The molecule has 0 saturated carbocycles. The smallest absolute Gasteiger partial charge is 0.264 e. The normalized spacial score (nSPS) is 13.6. The molecule has 0 radical (unpaired) electrons. The van der Waals surface area contributed by atoms with Crippen molar-refractivity contribution in [3.05, 3.63) is 35.4 Å². The first-order valence-electron chi connectivity index (χ1n) is 4.66. The summed E-state index contributed by atoms with van der Waals surface area (Å²) in [6, 6.07) is 6.14. The maximum absolute atomic E-state index is 12.6. The SMILES string of the molecule is CC(C)[C@H](N)c1ccccc1C(F)F. The summed E-state index contributed by atoms with van der Waals surface area (Å²) in [6.07, 6.45) is -2.45. The number of halogens is 2. The summed E-state index contributed by atoms with van der Waals surface area (Å²) in [5.41, 5.74) is 6.45. The third-order valence-electron chi connectivity index (χ3n) is 2.31. The third-order valence-corrected chi connectivity index (χ3v) is 2.31. The lowest BCUT2D eigenvalue weighted by atomic mass is 9.93. The second-order valence-corrected chi connectivity index (χ2v) is 3.70. The van der Waals surface area contributed by atoms with Crippen LogP contribution in [0.4, 0.5) is 8.78 Å². The zero-order valence-electron chi connectivity index (χ0n) is 8.37. The molecular weight excluding hydrogens is 184 g/mol. The summed E-state index contributed by atoms with van der Waals surface area (Å²) < 4.78 is 25.2. The monoisotopic (exact) mass is 199 g/mol. The Hall–Kier alpha value is -0.960. The minimum absolute atomic E-state index is 0.0497. The summed E-state index contributed by atoms with van der Waals surface area (Å²) >= 11 is 0. The average Bonchev–Trinajstić information content (AvgIpc) is 2.16. The lowest BCUT2D eigenvalue weighted by Gasteiger charge is -2.19. The maximum Gasteiger partial charge on any atom is 0.264 e. The van der Waals surface area contributed by atoms with Crippen molar-refractivity contribution in [1.82, 2.24) is 0 Å². The van der Waals surface area contributed by atoms with Crippen LogP contribution in [-0.4, -0.2) is 0 Å². The van der Waals surface area contributed by atoms with Gasteiger partial charge < -0.3 is 5.73 Å². The van der Waals surface area contributed by atoms with E-state index in [9.17, 15) is 8.78 Å². The van der Waals surface area contributed by atoms with Gasteiger partial charge in [-0.3, -0.25) is 0 Å². The van der Waals surface area contributed by atoms with E-state index in [1.165, 1.54) is 6.07 Å². The molecule has 0 heterocycles. The van der Waals surface area contributed by atoms with E-state index in [2.05, 4.69) is 0 Å². The van der Waals surface area contributed by atoms with Crippen LogP contribution in [0.1, 0.15) is 37.4 Å². The van der Waals surface area contributed by atoms with Crippen molar-refractivity contribution in [3.63, 3.8) is 0 Å². The molecule has 14 heavy (non-hydrogen) atoms. The van der Waals surface area contributed by atoms with Crippen LogP contribution in [0.5, 0.6) is 0 Å². The number of rotatable bonds is 3. The van der Waals surface area contributed by atoms with Gasteiger partial charge in [0.05, 0.1) is 0 Å². The van der Waals surface area contributed by atoms with Gasteiger partial charge in [-0.1, -0.05) is 38.1 Å². The Morgan fingerprint density at radius 1 is 1.07 bits per heavy atom. The van der Waals surface area contributed by atoms with Gasteiger partial charge in [0, 0.05) is 11.6 Å². The van der Waals surface area contributed by atoms with Crippen LogP contribution in [0.25, 0.3) is 0 Å². The Balaban J connectivity index is 3.06. The van der Waals surface area contributed by atoms with Crippen molar-refractivity contribution in [3.8, 4) is 0 Å². The Kier molecular flexibility index (Phi) is 3.58. The Bertz CT molecular complexity index is 297. The fourth-order valence-corrected chi connectivity index (χ4v) is 1.37. The highest BCUT2D eigenvalue weighted by Gasteiger charge is 2.18. The van der Waals surface area contributed by atoms with Gasteiger partial charge in [0.15, 0.2) is 0 Å². The van der Waals surface area contributed by atoms with Gasteiger partial charge in [-0.25, -0.2) is 8.78 Å². The number of nitrogens with two attached hydrogens (primary N) is 1. The van der Waals surface area contributed by atoms with E-state index < -0.39 is 6.43 Å². The standard InChI is InChI=1S/C11H15F2N/c1-7(2)10(14)8-5-3-4-6-9(8)11(12)13/h3-7,10-11H,14H2,1-2H3/t10-/m0/s1. The van der Waals surface area contributed by atoms with E-state index in [-0.39, 0.29) is 17.5 Å². The van der Waals surface area contributed by atoms with Crippen LogP contribution < -0.4 is 5.73 Å². The molecule has 0 aliphatic heterocycles. The van der Waals surface area contributed by atoms with E-state index in [0.29, 0.717) is 5.56 Å². The lowest BCUT2D eigenvalue weighted by Crippen LogP contribution is -2.18. The molecule has 3 heteroatoms. The maximum atomic E-state index is 12.6. The summed E-state index contributed by atoms with van der Waals surface area (Å²) in [5.74, 6) is 0.162. The van der Waals surface area contributed by atoms with Crippen molar-refractivity contribution in [2.24, 2.45) is 11.7 Å². The molecular formula is C11H15F2N. The minimum Gasteiger partial charge on any atom is -0.324 e. The Morgan fingerprint density at radius 3 is 2.00 bits per heavy atom. The Morgan fingerprint density at radius 2 is 1.57 bits per heavy atom. The zero-order valence-corrected chi connectivity index (χ0v) is 8.37. The Labute approximate surface area is 82.9 Å². The fourth-order valence-electron chi connectivity index (χ4n) is 1.37. The van der Waals surface area contributed by atoms with Gasteiger partial charge in [-0.05, 0) is 11.5 Å². The second kappa shape index (κ2) is 4.51. The van der Waals surface area contributed by atoms with Crippen molar-refractivity contribution < 1.29 is 8.78 Å². The van der Waals surface area contributed by atoms with Crippen LogP contribution in [0, 0.1) is 5.92 Å². The molecule has 1 aromatic carbocycles. The molecule has 2 N–H and O–H groups in total. The van der Waals surface area contributed by atoms with E-state index in [1.807, 2.05) is 13.8 Å². The van der Waals surface area contributed by atoms with Crippen molar-refractivity contribution in [1.29, 1.82) is 0 Å². The fraction of sp³-hybridized carbons (Fsp3) is 0.455. The first kappa shape index (κ1) is 11.1. The molecule has 0 bridgehead atoms. The summed E-state index contributed by atoms with van der Waals surface area (Å²) in [5, 5.41) is 0. The molecule has 0 aliphatic carbocycles. The third kappa shape index (κ3) is 2.29. The van der Waals surface area contributed by atoms with Crippen LogP contribution in [0.15, 0.2) is 24.3 Å². The van der Waals surface area contributed by atoms with E-state index in [0.717, 1.165) is 0 Å². The molecule has 0 aromatic heterocycles. The van der Waals surface area contributed by atoms with E-state index in [4.69, 9.17) is 5.73 Å². The zero-order chi connectivity index (χ0) is 10.7. The van der Waals surface area contributed by atoms with Crippen molar-refractivity contribution >= 4 is 0 Å². The molecule has 78 valence electrons. The molecule has 1 atom stereocenters. The molecule has 0 amide bonds. The van der Waals surface area contributed by atoms with E-state index in [1.54, 1.807) is 18.2 Å². The lowest BCUT2D eigenvalue weighted by molar-refractivity contribution is 0.149. The predicted molar refractivity (Wildman–Crippen MR) is 53.2 cm³/mol. The summed E-state index contributed by atoms with van der Waals surface area (Å²) in [6.45, 7) is 3.85. The van der Waals surface area contributed by atoms with E-state index >= 15 is 0 Å². The van der Waals surface area contributed by atoms with Gasteiger partial charge in [-0.2, -0.15) is 0 Å². The van der Waals surface area contributed by atoms with Gasteiger partial charge >= 0.3 is 0 Å². The highest BCUT2D eigenvalue weighted by Crippen LogP contribution is 2.29. The molecule has 1 aromatic rings. The first-order chi connectivity index (χ1) is 6.54. The van der Waals surface area contributed by atoms with Crippen LogP contribution in [0.3, 0.4) is 0 Å². The molecule has 1 nitrogen and oxygen atoms in total. The quantitative estimate of drug-likeness (QED) is 0.794. The molecule has 0 aliphatic rings. The molecule has 0 saturated heterocycles. The molecule has 1 rings (SSSR count). The topological polar surface area (TPSA) is 26.0 Å². The molecule has 0 unspecified atom stereocenters. The van der Waals surface area contributed by atoms with Crippen LogP contribution in [-0.2, 0) is 0 Å². The summed E-state index contributed by atoms with van der Waals surface area (Å²) in [7, 11) is 0. The summed E-state index contributed by atoms with van der Waals surface area (Å²) in [4.78, 5) is 0. The minimum atomic E-state index is -2.45. The van der Waals surface area contributed by atoms with Gasteiger partial charge in [-0.15, -0.1) is 0 Å². The highest BCUT2D eigenvalue weighted by atomic mass is 19.3. The number of hydrogen-bond acceptors (Lipinski definition) is 1. The first-order valence-corrected chi connectivity index (χ1v) is 4.66. The molecule has 0 fully saturated rings. The highest BCUT2D eigenvalue weighted by molar-refractivity contribution is 5.31. The van der Waals surface area contributed by atoms with Gasteiger partial charge in [0.1, 0.15) is 0 Å². The average molecular weight is 199 g/mol. The predicted octanol–water partition coefficient (Wildman–Crippen LogP) is 3.28. The van der Waals surface area contributed by atoms with Crippen molar-refractivity contribution in [2.75, 3.05) is 0 Å². The second-order valence-electron chi connectivity index (χ2n) is 3.70. The number of hydrogen-bond donors (Lipinski definition) is 1. The van der Waals surface area contributed by atoms with Crippen molar-refractivity contribution in [2.45, 2.75) is 26.3 Å². The van der Waals surface area contributed by atoms with Crippen LogP contribution in [0.2, 0.25) is 0 Å².